The van der Waals surface area contributed by atoms with Gasteiger partial charge in [0.1, 0.15) is 5.82 Å². The molecule has 0 bridgehead atoms. The molecule has 0 aliphatic carbocycles. The van der Waals surface area contributed by atoms with Crippen LogP contribution in [0.5, 0.6) is 0 Å². The topological polar surface area (TPSA) is 29.5 Å². The summed E-state index contributed by atoms with van der Waals surface area (Å²) >= 11 is 0. The van der Waals surface area contributed by atoms with Crippen LogP contribution in [0.1, 0.15) is 22.3 Å². The number of hydrogen-bond donors (Lipinski definition) is 0. The van der Waals surface area contributed by atoms with E-state index in [2.05, 4.69) is 13.0 Å². The van der Waals surface area contributed by atoms with Crippen LogP contribution < -0.4 is 0 Å². The minimum absolute atomic E-state index is 0.0409. The van der Waals surface area contributed by atoms with Gasteiger partial charge in [0.25, 0.3) is 0 Å². The largest absolute Gasteiger partial charge is 0.378 e. The first-order valence-electron chi connectivity index (χ1n) is 8.46. The highest BCUT2D eigenvalue weighted by atomic mass is 19.1. The highest BCUT2D eigenvalue weighted by Crippen LogP contribution is 2.26. The van der Waals surface area contributed by atoms with Crippen molar-refractivity contribution in [2.45, 2.75) is 13.8 Å². The molecule has 1 fully saturated rings. The van der Waals surface area contributed by atoms with Crippen molar-refractivity contribution in [1.82, 2.24) is 4.90 Å². The lowest BCUT2D eigenvalue weighted by Gasteiger charge is -2.26. The van der Waals surface area contributed by atoms with Gasteiger partial charge in [-0.05, 0) is 53.8 Å². The maximum atomic E-state index is 13.3. The fourth-order valence-corrected chi connectivity index (χ4v) is 2.87. The number of halogens is 1. The van der Waals surface area contributed by atoms with Gasteiger partial charge in [-0.15, -0.1) is 0 Å². The standard InChI is InChI=1S/C21H22FNO2/c1-15-3-4-18(13-16(15)2)20(17-5-7-19(22)8-6-17)14-21(24)23-9-11-25-12-10-23/h3-8,13-14H,9-12H2,1-2H3/b20-14+. The molecule has 0 N–H and O–H groups in total. The Morgan fingerprint density at radius 1 is 1.00 bits per heavy atom. The predicted molar refractivity (Wildman–Crippen MR) is 96.8 cm³/mol. The number of ether oxygens (including phenoxy) is 1. The van der Waals surface area contributed by atoms with Gasteiger partial charge < -0.3 is 9.64 Å². The molecule has 2 aromatic rings. The minimum atomic E-state index is -0.289. The first-order valence-corrected chi connectivity index (χ1v) is 8.46. The fourth-order valence-electron chi connectivity index (χ4n) is 2.87. The van der Waals surface area contributed by atoms with Crippen molar-refractivity contribution in [3.8, 4) is 0 Å². The molecule has 1 amide bonds. The van der Waals surface area contributed by atoms with Gasteiger partial charge in [0.15, 0.2) is 0 Å². The summed E-state index contributed by atoms with van der Waals surface area (Å²) in [5.74, 6) is -0.330. The van der Waals surface area contributed by atoms with Gasteiger partial charge in [0.2, 0.25) is 5.91 Å². The van der Waals surface area contributed by atoms with Crippen molar-refractivity contribution >= 4 is 11.5 Å². The molecule has 0 atom stereocenters. The highest BCUT2D eigenvalue weighted by molar-refractivity contribution is 5.99. The number of carbonyl (C=O) groups is 1. The lowest BCUT2D eigenvalue weighted by molar-refractivity contribution is -0.129. The van der Waals surface area contributed by atoms with Gasteiger partial charge in [-0.1, -0.05) is 30.3 Å². The van der Waals surface area contributed by atoms with E-state index < -0.39 is 0 Å². The van der Waals surface area contributed by atoms with Crippen LogP contribution in [0.4, 0.5) is 4.39 Å². The van der Waals surface area contributed by atoms with Crippen molar-refractivity contribution in [3.63, 3.8) is 0 Å². The van der Waals surface area contributed by atoms with Crippen LogP contribution in [-0.4, -0.2) is 37.1 Å². The Morgan fingerprint density at radius 2 is 1.64 bits per heavy atom. The molecule has 0 saturated carbocycles. The number of amides is 1. The Kier molecular flexibility index (Phi) is 5.29. The van der Waals surface area contributed by atoms with Crippen LogP contribution in [0.3, 0.4) is 0 Å². The van der Waals surface area contributed by atoms with Gasteiger partial charge in [-0.2, -0.15) is 0 Å². The minimum Gasteiger partial charge on any atom is -0.378 e. The summed E-state index contributed by atoms with van der Waals surface area (Å²) < 4.78 is 18.6. The van der Waals surface area contributed by atoms with Crippen molar-refractivity contribution in [2.75, 3.05) is 26.3 Å². The van der Waals surface area contributed by atoms with E-state index >= 15 is 0 Å². The first kappa shape index (κ1) is 17.4. The molecule has 0 aromatic heterocycles. The molecule has 3 rings (SSSR count). The van der Waals surface area contributed by atoms with Crippen molar-refractivity contribution < 1.29 is 13.9 Å². The molecule has 3 nitrogen and oxygen atoms in total. The molecular formula is C21H22FNO2. The molecular weight excluding hydrogens is 317 g/mol. The predicted octanol–water partition coefficient (Wildman–Crippen LogP) is 3.73. The molecule has 1 saturated heterocycles. The summed E-state index contributed by atoms with van der Waals surface area (Å²) in [5.41, 5.74) is 4.94. The Labute approximate surface area is 147 Å². The molecule has 0 radical (unpaired) electrons. The smallest absolute Gasteiger partial charge is 0.247 e. The number of aryl methyl sites for hydroxylation is 2. The second-order valence-corrected chi connectivity index (χ2v) is 6.30. The number of carbonyl (C=O) groups excluding carboxylic acids is 1. The average molecular weight is 339 g/mol. The van der Waals surface area contributed by atoms with Gasteiger partial charge in [-0.25, -0.2) is 4.39 Å². The third-order valence-electron chi connectivity index (χ3n) is 4.56. The van der Waals surface area contributed by atoms with Crippen molar-refractivity contribution in [2.24, 2.45) is 0 Å². The lowest BCUT2D eigenvalue weighted by atomic mass is 9.94. The lowest BCUT2D eigenvalue weighted by Crippen LogP contribution is -2.39. The molecule has 1 aliphatic heterocycles. The van der Waals surface area contributed by atoms with E-state index in [0.29, 0.717) is 26.3 Å². The number of hydrogen-bond acceptors (Lipinski definition) is 2. The first-order chi connectivity index (χ1) is 12.0. The van der Waals surface area contributed by atoms with Gasteiger partial charge in [0.05, 0.1) is 13.2 Å². The maximum absolute atomic E-state index is 13.3. The monoisotopic (exact) mass is 339 g/mol. The number of rotatable bonds is 3. The summed E-state index contributed by atoms with van der Waals surface area (Å²) in [7, 11) is 0. The quantitative estimate of drug-likeness (QED) is 0.798. The van der Waals surface area contributed by atoms with Crippen LogP contribution in [0.2, 0.25) is 0 Å². The third-order valence-corrected chi connectivity index (χ3v) is 4.56. The zero-order valence-electron chi connectivity index (χ0n) is 14.6. The van der Waals surface area contributed by atoms with E-state index in [4.69, 9.17) is 4.74 Å². The van der Waals surface area contributed by atoms with Crippen LogP contribution in [0.25, 0.3) is 5.57 Å². The molecule has 0 spiro atoms. The van der Waals surface area contributed by atoms with Crippen molar-refractivity contribution in [3.05, 3.63) is 76.6 Å². The number of morpholine rings is 1. The normalized spacial score (nSPS) is 15.3. The van der Waals surface area contributed by atoms with Crippen LogP contribution in [0, 0.1) is 19.7 Å². The molecule has 0 unspecified atom stereocenters. The second kappa shape index (κ2) is 7.62. The fraction of sp³-hybridized carbons (Fsp3) is 0.286. The number of nitrogens with zero attached hydrogens (tertiary/aromatic N) is 1. The summed E-state index contributed by atoms with van der Waals surface area (Å²) in [5, 5.41) is 0. The molecule has 1 heterocycles. The third kappa shape index (κ3) is 4.15. The van der Waals surface area contributed by atoms with Gasteiger partial charge in [0, 0.05) is 19.2 Å². The van der Waals surface area contributed by atoms with Gasteiger partial charge >= 0.3 is 0 Å². The van der Waals surface area contributed by atoms with E-state index in [1.165, 1.54) is 17.7 Å². The SMILES string of the molecule is Cc1ccc(/C(=C/C(=O)N2CCOCC2)c2ccc(F)cc2)cc1C. The maximum Gasteiger partial charge on any atom is 0.247 e. The van der Waals surface area contributed by atoms with E-state index in [1.54, 1.807) is 23.1 Å². The van der Waals surface area contributed by atoms with Crippen molar-refractivity contribution in [1.29, 1.82) is 0 Å². The van der Waals surface area contributed by atoms with E-state index in [0.717, 1.165) is 22.3 Å². The summed E-state index contributed by atoms with van der Waals surface area (Å²) in [6, 6.07) is 12.4. The molecule has 130 valence electrons. The number of benzene rings is 2. The van der Waals surface area contributed by atoms with Crippen LogP contribution in [-0.2, 0) is 9.53 Å². The molecule has 25 heavy (non-hydrogen) atoms. The Hall–Kier alpha value is -2.46. The Bertz CT molecular complexity index is 790. The highest BCUT2D eigenvalue weighted by Gasteiger charge is 2.17. The molecule has 2 aromatic carbocycles. The Balaban J connectivity index is 2.01. The second-order valence-electron chi connectivity index (χ2n) is 6.30. The summed E-state index contributed by atoms with van der Waals surface area (Å²) in [6.07, 6.45) is 1.66. The zero-order valence-corrected chi connectivity index (χ0v) is 14.6. The van der Waals surface area contributed by atoms with Crippen LogP contribution in [0.15, 0.2) is 48.5 Å². The van der Waals surface area contributed by atoms with Crippen LogP contribution >= 0.6 is 0 Å². The summed E-state index contributed by atoms with van der Waals surface area (Å²) in [6.45, 7) is 6.42. The summed E-state index contributed by atoms with van der Waals surface area (Å²) in [4.78, 5) is 14.5. The van der Waals surface area contributed by atoms with E-state index in [9.17, 15) is 9.18 Å². The Morgan fingerprint density at radius 3 is 2.28 bits per heavy atom. The van der Waals surface area contributed by atoms with Gasteiger partial charge in [-0.3, -0.25) is 4.79 Å². The molecule has 1 aliphatic rings. The van der Waals surface area contributed by atoms with E-state index in [-0.39, 0.29) is 11.7 Å². The van der Waals surface area contributed by atoms with E-state index in [1.807, 2.05) is 19.1 Å². The molecule has 4 heteroatoms. The average Bonchev–Trinajstić information content (AvgIpc) is 2.63. The zero-order chi connectivity index (χ0) is 17.8.